The topological polar surface area (TPSA) is 66.6 Å². The molecule has 0 aliphatic heterocycles. The predicted octanol–water partition coefficient (Wildman–Crippen LogP) is 1.27. The third kappa shape index (κ3) is 3.86. The molecule has 88 valence electrons. The minimum absolute atomic E-state index is 0.0772. The summed E-state index contributed by atoms with van der Waals surface area (Å²) in [5, 5.41) is 19.9. The Labute approximate surface area is 94.5 Å². The highest BCUT2D eigenvalue weighted by atomic mass is 16.6. The zero-order valence-corrected chi connectivity index (χ0v) is 9.51. The minimum Gasteiger partial charge on any atom is -0.508 e. The van der Waals surface area contributed by atoms with E-state index >= 15 is 0 Å². The maximum Gasteiger partial charge on any atom is 0.207 e. The van der Waals surface area contributed by atoms with Gasteiger partial charge in [-0.05, 0) is 25.7 Å². The van der Waals surface area contributed by atoms with E-state index in [0.29, 0.717) is 13.0 Å². The predicted molar refractivity (Wildman–Crippen MR) is 61.1 cm³/mol. The number of phenolic OH excluding ortho intramolecular Hbond substituents is 1. The normalized spacial score (nSPS) is 10.7. The lowest BCUT2D eigenvalue weighted by Gasteiger charge is -2.12. The largest absolute Gasteiger partial charge is 0.508 e. The number of hydrogen-bond donors (Lipinski definition) is 1. The van der Waals surface area contributed by atoms with Crippen molar-refractivity contribution in [1.82, 2.24) is 4.90 Å². The summed E-state index contributed by atoms with van der Waals surface area (Å²) in [5.74, 6) is 0.235. The lowest BCUT2D eigenvalue weighted by atomic mass is 10.1. The number of hydrogen-bond acceptors (Lipinski definition) is 4. The van der Waals surface area contributed by atoms with E-state index in [4.69, 9.17) is 0 Å². The van der Waals surface area contributed by atoms with Crippen molar-refractivity contribution in [2.24, 2.45) is 0 Å². The highest BCUT2D eigenvalue weighted by molar-refractivity contribution is 5.36. The quantitative estimate of drug-likeness (QED) is 0.604. The van der Waals surface area contributed by atoms with Crippen LogP contribution in [0.25, 0.3) is 0 Å². The van der Waals surface area contributed by atoms with Gasteiger partial charge in [0.05, 0.1) is 0 Å². The van der Waals surface area contributed by atoms with Gasteiger partial charge < -0.3 is 10.0 Å². The molecule has 0 fully saturated rings. The van der Waals surface area contributed by atoms with E-state index in [0.717, 1.165) is 11.1 Å². The molecular formula is C11H16N2O3. The second kappa shape index (κ2) is 5.46. The van der Waals surface area contributed by atoms with Crippen molar-refractivity contribution in [3.05, 3.63) is 39.4 Å². The molecular weight excluding hydrogens is 208 g/mol. The molecule has 0 aliphatic rings. The van der Waals surface area contributed by atoms with E-state index < -0.39 is 0 Å². The van der Waals surface area contributed by atoms with Crippen LogP contribution in [0.3, 0.4) is 0 Å². The molecule has 0 radical (unpaired) electrons. The monoisotopic (exact) mass is 224 g/mol. The summed E-state index contributed by atoms with van der Waals surface area (Å²) >= 11 is 0. The standard InChI is InChI=1S/C11H16N2O3/c1-12(2)8-10-7-9(3-4-11(10)14)5-6-13(15)16/h3-4,7,14H,5-6,8H2,1-2H3. The van der Waals surface area contributed by atoms with Crippen LogP contribution in [0.4, 0.5) is 0 Å². The maximum atomic E-state index is 10.3. The average Bonchev–Trinajstić information content (AvgIpc) is 2.18. The average molecular weight is 224 g/mol. The van der Waals surface area contributed by atoms with Gasteiger partial charge >= 0.3 is 0 Å². The lowest BCUT2D eigenvalue weighted by molar-refractivity contribution is -0.479. The molecule has 1 aromatic carbocycles. The van der Waals surface area contributed by atoms with E-state index in [9.17, 15) is 15.2 Å². The summed E-state index contributed by atoms with van der Waals surface area (Å²) in [6.45, 7) is 0.546. The van der Waals surface area contributed by atoms with Crippen LogP contribution < -0.4 is 0 Å². The van der Waals surface area contributed by atoms with Gasteiger partial charge in [-0.15, -0.1) is 0 Å². The number of benzene rings is 1. The van der Waals surface area contributed by atoms with Crippen LogP contribution in [0.1, 0.15) is 11.1 Å². The Hall–Kier alpha value is -1.62. The molecule has 1 N–H and O–H groups in total. The van der Waals surface area contributed by atoms with Crippen molar-refractivity contribution in [2.45, 2.75) is 13.0 Å². The molecule has 0 amide bonds. The summed E-state index contributed by atoms with van der Waals surface area (Å²) in [4.78, 5) is 11.9. The summed E-state index contributed by atoms with van der Waals surface area (Å²) in [6.07, 6.45) is 0.397. The van der Waals surface area contributed by atoms with Crippen LogP contribution in [0, 0.1) is 10.1 Å². The third-order valence-corrected chi connectivity index (χ3v) is 2.21. The highest BCUT2D eigenvalue weighted by Gasteiger charge is 2.06. The Morgan fingerprint density at radius 2 is 2.12 bits per heavy atom. The fourth-order valence-electron chi connectivity index (χ4n) is 1.48. The Morgan fingerprint density at radius 3 is 2.69 bits per heavy atom. The Bertz CT molecular complexity index is 377. The molecule has 0 saturated carbocycles. The Morgan fingerprint density at radius 1 is 1.44 bits per heavy atom. The smallest absolute Gasteiger partial charge is 0.207 e. The molecule has 0 saturated heterocycles. The Balaban J connectivity index is 2.76. The van der Waals surface area contributed by atoms with Crippen LogP contribution in [-0.4, -0.2) is 35.6 Å². The summed E-state index contributed by atoms with van der Waals surface area (Å²) < 4.78 is 0. The SMILES string of the molecule is CN(C)Cc1cc(CC[N+](=O)[O-])ccc1O. The van der Waals surface area contributed by atoms with Gasteiger partial charge in [0.15, 0.2) is 0 Å². The molecule has 1 rings (SSSR count). The molecule has 0 atom stereocenters. The fraction of sp³-hybridized carbons (Fsp3) is 0.455. The second-order valence-corrected chi connectivity index (χ2v) is 4.01. The number of nitrogens with zero attached hydrogens (tertiary/aromatic N) is 2. The van der Waals surface area contributed by atoms with Crippen molar-refractivity contribution >= 4 is 0 Å². The molecule has 0 heterocycles. The first-order valence-electron chi connectivity index (χ1n) is 5.06. The zero-order chi connectivity index (χ0) is 12.1. The van der Waals surface area contributed by atoms with Gasteiger partial charge in [0.25, 0.3) is 0 Å². The molecule has 0 aliphatic carbocycles. The van der Waals surface area contributed by atoms with Crippen molar-refractivity contribution in [2.75, 3.05) is 20.6 Å². The molecule has 5 heteroatoms. The van der Waals surface area contributed by atoms with Crippen LogP contribution in [-0.2, 0) is 13.0 Å². The van der Waals surface area contributed by atoms with Gasteiger partial charge in [-0.2, -0.15) is 0 Å². The summed E-state index contributed by atoms with van der Waals surface area (Å²) in [6, 6.07) is 5.13. The molecule has 16 heavy (non-hydrogen) atoms. The van der Waals surface area contributed by atoms with Crippen molar-refractivity contribution < 1.29 is 10.0 Å². The van der Waals surface area contributed by atoms with Gasteiger partial charge in [0.1, 0.15) is 5.75 Å². The van der Waals surface area contributed by atoms with E-state index in [2.05, 4.69) is 0 Å². The van der Waals surface area contributed by atoms with E-state index in [1.807, 2.05) is 25.1 Å². The molecule has 0 spiro atoms. The highest BCUT2D eigenvalue weighted by Crippen LogP contribution is 2.19. The van der Waals surface area contributed by atoms with E-state index in [-0.39, 0.29) is 17.2 Å². The number of nitro groups is 1. The van der Waals surface area contributed by atoms with Crippen LogP contribution in [0.2, 0.25) is 0 Å². The minimum atomic E-state index is -0.335. The van der Waals surface area contributed by atoms with Crippen molar-refractivity contribution in [1.29, 1.82) is 0 Å². The Kier molecular flexibility index (Phi) is 4.25. The van der Waals surface area contributed by atoms with Crippen molar-refractivity contribution in [3.63, 3.8) is 0 Å². The van der Waals surface area contributed by atoms with E-state index in [1.54, 1.807) is 12.1 Å². The van der Waals surface area contributed by atoms with Gasteiger partial charge in [0.2, 0.25) is 6.54 Å². The molecule has 0 bridgehead atoms. The van der Waals surface area contributed by atoms with Gasteiger partial charge in [-0.1, -0.05) is 12.1 Å². The molecule has 5 nitrogen and oxygen atoms in total. The summed E-state index contributed by atoms with van der Waals surface area (Å²) in [7, 11) is 3.81. The van der Waals surface area contributed by atoms with Gasteiger partial charge in [-0.3, -0.25) is 10.1 Å². The molecule has 1 aromatic rings. The first kappa shape index (κ1) is 12.4. The van der Waals surface area contributed by atoms with E-state index in [1.165, 1.54) is 0 Å². The van der Waals surface area contributed by atoms with Crippen LogP contribution >= 0.6 is 0 Å². The third-order valence-electron chi connectivity index (χ3n) is 2.21. The lowest BCUT2D eigenvalue weighted by Crippen LogP contribution is -2.11. The number of aromatic hydroxyl groups is 1. The van der Waals surface area contributed by atoms with Crippen LogP contribution in [0.5, 0.6) is 5.75 Å². The summed E-state index contributed by atoms with van der Waals surface area (Å²) in [5.41, 5.74) is 1.68. The zero-order valence-electron chi connectivity index (χ0n) is 9.51. The number of phenols is 1. The van der Waals surface area contributed by atoms with Crippen LogP contribution in [0.15, 0.2) is 18.2 Å². The van der Waals surface area contributed by atoms with Gasteiger partial charge in [0, 0.05) is 23.5 Å². The number of rotatable bonds is 5. The van der Waals surface area contributed by atoms with Gasteiger partial charge in [-0.25, -0.2) is 0 Å². The fourth-order valence-corrected chi connectivity index (χ4v) is 1.48. The maximum absolute atomic E-state index is 10.3. The first-order valence-corrected chi connectivity index (χ1v) is 5.06. The van der Waals surface area contributed by atoms with Crippen molar-refractivity contribution in [3.8, 4) is 5.75 Å². The molecule has 0 aromatic heterocycles. The first-order chi connectivity index (χ1) is 7.49. The second-order valence-electron chi connectivity index (χ2n) is 4.01. The molecule has 0 unspecified atom stereocenters.